The Labute approximate surface area is 181 Å². The highest BCUT2D eigenvalue weighted by atomic mass is 19.4. The monoisotopic (exact) mass is 477 g/mol. The molecule has 0 aliphatic carbocycles. The summed E-state index contributed by atoms with van der Waals surface area (Å²) in [6, 6.07) is 5.53. The van der Waals surface area contributed by atoms with E-state index < -0.39 is 61.0 Å². The number of alkyl halides is 3. The molecular weight excluding hydrogens is 463 g/mol. The van der Waals surface area contributed by atoms with Crippen LogP contribution in [-0.4, -0.2) is 28.5 Å². The fourth-order valence-corrected chi connectivity index (χ4v) is 2.54. The molecule has 2 aromatic carbocycles. The standard InChI is InChI=1S/C20H14F7N3O3/c21-14-5-15(22)17(24)18(16(14)23)33-8-11-1-3-12(4-2-11)19(31)29-13-6-28-30(7-13)10-32-9-20(25,26)27/h1-7H,8-10H2,(H,29,31). The van der Waals surface area contributed by atoms with Gasteiger partial charge in [-0.3, -0.25) is 4.79 Å². The van der Waals surface area contributed by atoms with Crippen LogP contribution in [0.4, 0.5) is 36.4 Å². The summed E-state index contributed by atoms with van der Waals surface area (Å²) >= 11 is 0. The minimum atomic E-state index is -4.47. The van der Waals surface area contributed by atoms with Gasteiger partial charge in [-0.2, -0.15) is 27.1 Å². The van der Waals surface area contributed by atoms with Crippen molar-refractivity contribution in [1.29, 1.82) is 0 Å². The molecule has 0 bridgehead atoms. The maximum absolute atomic E-state index is 13.6. The number of carbonyl (C=O) groups is 1. The largest absolute Gasteiger partial charge is 0.483 e. The van der Waals surface area contributed by atoms with Gasteiger partial charge in [0, 0.05) is 11.6 Å². The number of benzene rings is 2. The van der Waals surface area contributed by atoms with E-state index in [2.05, 4.69) is 15.2 Å². The number of nitrogens with zero attached hydrogens (tertiary/aromatic N) is 2. The average Bonchev–Trinajstić information content (AvgIpc) is 3.19. The van der Waals surface area contributed by atoms with E-state index in [0.717, 1.165) is 4.68 Å². The number of anilines is 1. The zero-order valence-electron chi connectivity index (χ0n) is 16.4. The quantitative estimate of drug-likeness (QED) is 0.374. The first kappa shape index (κ1) is 24.0. The van der Waals surface area contributed by atoms with Crippen molar-refractivity contribution in [2.45, 2.75) is 19.5 Å². The summed E-state index contributed by atoms with van der Waals surface area (Å²) in [6.45, 7) is -2.36. The molecule has 176 valence electrons. The van der Waals surface area contributed by atoms with Crippen molar-refractivity contribution < 1.29 is 45.0 Å². The molecule has 3 rings (SSSR count). The van der Waals surface area contributed by atoms with Crippen molar-refractivity contribution >= 4 is 11.6 Å². The van der Waals surface area contributed by atoms with E-state index in [1.54, 1.807) is 0 Å². The smallest absolute Gasteiger partial charge is 0.411 e. The molecule has 0 aliphatic rings. The number of carbonyl (C=O) groups excluding carboxylic acids is 1. The van der Waals surface area contributed by atoms with Crippen molar-refractivity contribution in [3.8, 4) is 5.75 Å². The van der Waals surface area contributed by atoms with Crippen LogP contribution in [0, 0.1) is 23.3 Å². The van der Waals surface area contributed by atoms with Gasteiger partial charge in [0.1, 0.15) is 19.9 Å². The topological polar surface area (TPSA) is 65.4 Å². The Bertz CT molecular complexity index is 1100. The minimum absolute atomic E-state index is 0.0597. The third kappa shape index (κ3) is 6.44. The molecule has 0 atom stereocenters. The zero-order valence-corrected chi connectivity index (χ0v) is 16.4. The van der Waals surface area contributed by atoms with E-state index >= 15 is 0 Å². The predicted molar refractivity (Wildman–Crippen MR) is 99.2 cm³/mol. The van der Waals surface area contributed by atoms with Crippen LogP contribution < -0.4 is 10.1 Å². The molecule has 0 saturated carbocycles. The van der Waals surface area contributed by atoms with Crippen LogP contribution in [-0.2, 0) is 18.1 Å². The first-order chi connectivity index (χ1) is 15.5. The van der Waals surface area contributed by atoms with Gasteiger partial charge in [-0.1, -0.05) is 12.1 Å². The molecule has 1 aromatic heterocycles. The summed E-state index contributed by atoms with van der Waals surface area (Å²) in [5, 5.41) is 6.23. The zero-order chi connectivity index (χ0) is 24.2. The molecule has 33 heavy (non-hydrogen) atoms. The summed E-state index contributed by atoms with van der Waals surface area (Å²) in [6.07, 6.45) is -2.01. The summed E-state index contributed by atoms with van der Waals surface area (Å²) in [4.78, 5) is 12.3. The summed E-state index contributed by atoms with van der Waals surface area (Å²) in [7, 11) is 0. The van der Waals surface area contributed by atoms with Gasteiger partial charge >= 0.3 is 6.18 Å². The average molecular weight is 477 g/mol. The third-order valence-corrected chi connectivity index (χ3v) is 4.05. The Balaban J connectivity index is 1.56. The Morgan fingerprint density at radius 3 is 2.27 bits per heavy atom. The van der Waals surface area contributed by atoms with Crippen LogP contribution in [0.25, 0.3) is 0 Å². The van der Waals surface area contributed by atoms with Crippen molar-refractivity contribution in [3.05, 3.63) is 77.1 Å². The Morgan fingerprint density at radius 1 is 1.03 bits per heavy atom. The normalized spacial score (nSPS) is 11.5. The van der Waals surface area contributed by atoms with Crippen LogP contribution in [0.1, 0.15) is 15.9 Å². The van der Waals surface area contributed by atoms with Gasteiger partial charge in [-0.15, -0.1) is 0 Å². The lowest BCUT2D eigenvalue weighted by atomic mass is 10.1. The van der Waals surface area contributed by atoms with E-state index in [-0.39, 0.29) is 17.3 Å². The second-order valence-electron chi connectivity index (χ2n) is 6.60. The number of aromatic nitrogens is 2. The van der Waals surface area contributed by atoms with Gasteiger partial charge in [-0.05, 0) is 17.7 Å². The molecule has 0 fully saturated rings. The van der Waals surface area contributed by atoms with Gasteiger partial charge in [-0.25, -0.2) is 13.5 Å². The van der Waals surface area contributed by atoms with Gasteiger partial charge in [0.2, 0.25) is 11.6 Å². The summed E-state index contributed by atoms with van der Waals surface area (Å²) < 4.78 is 100. The molecule has 13 heteroatoms. The van der Waals surface area contributed by atoms with E-state index in [9.17, 15) is 35.5 Å². The van der Waals surface area contributed by atoms with Crippen molar-refractivity contribution in [2.24, 2.45) is 0 Å². The number of hydrogen-bond acceptors (Lipinski definition) is 4. The van der Waals surface area contributed by atoms with E-state index in [1.807, 2.05) is 0 Å². The molecule has 6 nitrogen and oxygen atoms in total. The first-order valence-corrected chi connectivity index (χ1v) is 9.06. The Hall–Kier alpha value is -3.61. The van der Waals surface area contributed by atoms with E-state index in [4.69, 9.17) is 4.74 Å². The van der Waals surface area contributed by atoms with E-state index in [1.165, 1.54) is 36.7 Å². The fraction of sp³-hybridized carbons (Fsp3) is 0.200. The van der Waals surface area contributed by atoms with Gasteiger partial charge < -0.3 is 14.8 Å². The van der Waals surface area contributed by atoms with Crippen LogP contribution in [0.5, 0.6) is 5.75 Å². The summed E-state index contributed by atoms with van der Waals surface area (Å²) in [5.41, 5.74) is 0.695. The van der Waals surface area contributed by atoms with Crippen LogP contribution >= 0.6 is 0 Å². The van der Waals surface area contributed by atoms with Crippen molar-refractivity contribution in [1.82, 2.24) is 9.78 Å². The SMILES string of the molecule is O=C(Nc1cnn(COCC(F)(F)F)c1)c1ccc(COc2c(F)c(F)cc(F)c2F)cc1. The van der Waals surface area contributed by atoms with E-state index in [0.29, 0.717) is 5.56 Å². The van der Waals surface area contributed by atoms with Crippen LogP contribution in [0.3, 0.4) is 0 Å². The number of hydrogen-bond donors (Lipinski definition) is 1. The lowest BCUT2D eigenvalue weighted by Gasteiger charge is -2.10. The maximum Gasteiger partial charge on any atom is 0.411 e. The van der Waals surface area contributed by atoms with Crippen LogP contribution in [0.2, 0.25) is 0 Å². The molecule has 1 heterocycles. The number of rotatable bonds is 8. The molecule has 0 spiro atoms. The highest BCUT2D eigenvalue weighted by Crippen LogP contribution is 2.27. The molecule has 0 radical (unpaired) electrons. The van der Waals surface area contributed by atoms with Gasteiger partial charge in [0.05, 0.1) is 18.1 Å². The second-order valence-corrected chi connectivity index (χ2v) is 6.60. The minimum Gasteiger partial charge on any atom is -0.483 e. The fourth-order valence-electron chi connectivity index (χ4n) is 2.54. The van der Waals surface area contributed by atoms with Crippen molar-refractivity contribution in [3.63, 3.8) is 0 Å². The molecule has 1 amide bonds. The lowest BCUT2D eigenvalue weighted by molar-refractivity contribution is -0.182. The number of halogens is 7. The molecule has 3 aromatic rings. The Morgan fingerprint density at radius 2 is 1.67 bits per heavy atom. The van der Waals surface area contributed by atoms with Gasteiger partial charge in [0.25, 0.3) is 5.91 Å². The van der Waals surface area contributed by atoms with Crippen LogP contribution in [0.15, 0.2) is 42.7 Å². The Kier molecular flexibility index (Phi) is 7.21. The number of amides is 1. The molecule has 0 unspecified atom stereocenters. The molecule has 0 aliphatic heterocycles. The molecule has 1 N–H and O–H groups in total. The number of nitrogens with one attached hydrogen (secondary N) is 1. The van der Waals surface area contributed by atoms with Gasteiger partial charge in [0.15, 0.2) is 17.4 Å². The predicted octanol–water partition coefficient (Wildman–Crippen LogP) is 4.81. The molecular formula is C20H14F7N3O3. The third-order valence-electron chi connectivity index (χ3n) is 4.05. The highest BCUT2D eigenvalue weighted by molar-refractivity contribution is 6.04. The van der Waals surface area contributed by atoms with Crippen molar-refractivity contribution in [2.75, 3.05) is 11.9 Å². The molecule has 0 saturated heterocycles. The highest BCUT2D eigenvalue weighted by Gasteiger charge is 2.27. The lowest BCUT2D eigenvalue weighted by Crippen LogP contribution is -2.18. The second kappa shape index (κ2) is 9.90. The number of ether oxygens (including phenoxy) is 2. The maximum atomic E-state index is 13.6. The first-order valence-electron chi connectivity index (χ1n) is 9.06. The summed E-state index contributed by atoms with van der Waals surface area (Å²) in [5.74, 6) is -8.34.